The first kappa shape index (κ1) is 13.1. The molecule has 4 heteroatoms. The highest BCUT2D eigenvalue weighted by Crippen LogP contribution is 2.24. The third-order valence-corrected chi connectivity index (χ3v) is 3.30. The molecule has 0 aliphatic carbocycles. The predicted octanol–water partition coefficient (Wildman–Crippen LogP) is 2.55. The van der Waals surface area contributed by atoms with Gasteiger partial charge in [0.25, 0.3) is 0 Å². The molecule has 0 amide bonds. The largest absolute Gasteiger partial charge is 0.309 e. The highest BCUT2D eigenvalue weighted by molar-refractivity contribution is 7.05. The van der Waals surface area contributed by atoms with Crippen molar-refractivity contribution in [2.75, 3.05) is 6.54 Å². The highest BCUT2D eigenvalue weighted by Gasteiger charge is 2.16. The Balaban J connectivity index is 2.70. The second kappa shape index (κ2) is 7.37. The average molecular weight is 237 g/mol. The van der Waals surface area contributed by atoms with Crippen LogP contribution in [0.3, 0.4) is 0 Å². The number of rotatable bonds is 6. The van der Waals surface area contributed by atoms with E-state index in [4.69, 9.17) is 0 Å². The molecule has 1 rings (SSSR count). The van der Waals surface area contributed by atoms with Crippen LogP contribution in [0.25, 0.3) is 0 Å². The van der Waals surface area contributed by atoms with Gasteiger partial charge in [-0.3, -0.25) is 0 Å². The molecular formula is C12H19N3S. The monoisotopic (exact) mass is 237 g/mol. The smallest absolute Gasteiger partial charge is 0.0800 e. The van der Waals surface area contributed by atoms with E-state index in [9.17, 15) is 0 Å². The van der Waals surface area contributed by atoms with Gasteiger partial charge in [-0.1, -0.05) is 18.3 Å². The third-order valence-electron chi connectivity index (χ3n) is 2.42. The molecule has 0 bridgehead atoms. The molecule has 1 atom stereocenters. The maximum Gasteiger partial charge on any atom is 0.0800 e. The van der Waals surface area contributed by atoms with Crippen LogP contribution in [-0.2, 0) is 6.42 Å². The van der Waals surface area contributed by atoms with E-state index in [0.717, 1.165) is 31.5 Å². The molecule has 3 nitrogen and oxygen atoms in total. The molecule has 0 fully saturated rings. The van der Waals surface area contributed by atoms with Crippen LogP contribution in [0.2, 0.25) is 0 Å². The van der Waals surface area contributed by atoms with E-state index in [1.165, 1.54) is 16.4 Å². The molecule has 0 saturated carbocycles. The summed E-state index contributed by atoms with van der Waals surface area (Å²) in [5.41, 5.74) is 1.13. The Bertz CT molecular complexity index is 362. The van der Waals surface area contributed by atoms with Gasteiger partial charge in [-0.15, -0.1) is 16.9 Å². The van der Waals surface area contributed by atoms with Crippen LogP contribution in [0.5, 0.6) is 0 Å². The van der Waals surface area contributed by atoms with E-state index in [0.29, 0.717) is 6.04 Å². The summed E-state index contributed by atoms with van der Waals surface area (Å²) >= 11 is 1.51. The van der Waals surface area contributed by atoms with E-state index in [-0.39, 0.29) is 0 Å². The van der Waals surface area contributed by atoms with Crippen LogP contribution >= 0.6 is 11.5 Å². The summed E-state index contributed by atoms with van der Waals surface area (Å²) in [6, 6.07) is 0.362. The van der Waals surface area contributed by atoms with E-state index in [1.807, 2.05) is 6.92 Å². The quantitative estimate of drug-likeness (QED) is 0.773. The van der Waals surface area contributed by atoms with Crippen LogP contribution in [0.4, 0.5) is 0 Å². The van der Waals surface area contributed by atoms with Crippen molar-refractivity contribution in [2.24, 2.45) is 0 Å². The van der Waals surface area contributed by atoms with Gasteiger partial charge in [0.1, 0.15) is 0 Å². The van der Waals surface area contributed by atoms with Gasteiger partial charge in [0, 0.05) is 12.5 Å². The molecule has 1 aromatic heterocycles. The fourth-order valence-corrected chi connectivity index (χ4v) is 2.49. The summed E-state index contributed by atoms with van der Waals surface area (Å²) in [4.78, 5) is 1.28. The minimum atomic E-state index is 0.362. The molecule has 0 aliphatic heterocycles. The molecule has 88 valence electrons. The summed E-state index contributed by atoms with van der Waals surface area (Å²) in [5.74, 6) is 6.04. The average Bonchev–Trinajstić information content (AvgIpc) is 2.76. The lowest BCUT2D eigenvalue weighted by molar-refractivity contribution is 0.526. The summed E-state index contributed by atoms with van der Waals surface area (Å²) < 4.78 is 4.04. The molecule has 16 heavy (non-hydrogen) atoms. The van der Waals surface area contributed by atoms with Crippen molar-refractivity contribution in [1.29, 1.82) is 0 Å². The number of hydrogen-bond acceptors (Lipinski definition) is 4. The zero-order valence-electron chi connectivity index (χ0n) is 10.2. The Hall–Kier alpha value is -0.920. The van der Waals surface area contributed by atoms with Gasteiger partial charge in [0.05, 0.1) is 10.6 Å². The second-order valence-electron chi connectivity index (χ2n) is 3.51. The molecule has 0 saturated heterocycles. The Morgan fingerprint density at radius 2 is 2.25 bits per heavy atom. The molecule has 0 aliphatic rings. The summed E-state index contributed by atoms with van der Waals surface area (Å²) in [6.07, 6.45) is 2.91. The second-order valence-corrected chi connectivity index (χ2v) is 4.30. The minimum absolute atomic E-state index is 0.362. The first-order valence-electron chi connectivity index (χ1n) is 5.77. The maximum absolute atomic E-state index is 4.16. The van der Waals surface area contributed by atoms with E-state index < -0.39 is 0 Å². The van der Waals surface area contributed by atoms with Crippen LogP contribution in [0.1, 0.15) is 50.2 Å². The number of nitrogens with zero attached hydrogens (tertiary/aromatic N) is 2. The third kappa shape index (κ3) is 3.58. The fraction of sp³-hybridized carbons (Fsp3) is 0.667. The zero-order chi connectivity index (χ0) is 11.8. The lowest BCUT2D eigenvalue weighted by atomic mass is 10.1. The molecule has 0 spiro atoms. The number of nitrogens with one attached hydrogen (secondary N) is 1. The molecular weight excluding hydrogens is 218 g/mol. The van der Waals surface area contributed by atoms with Crippen molar-refractivity contribution < 1.29 is 0 Å². The Labute approximate surface area is 102 Å². The lowest BCUT2D eigenvalue weighted by Gasteiger charge is -2.15. The van der Waals surface area contributed by atoms with Gasteiger partial charge in [0.2, 0.25) is 0 Å². The van der Waals surface area contributed by atoms with Gasteiger partial charge in [-0.05, 0) is 37.8 Å². The minimum Gasteiger partial charge on any atom is -0.309 e. The molecule has 1 heterocycles. The van der Waals surface area contributed by atoms with E-state index in [2.05, 4.69) is 40.6 Å². The first-order chi connectivity index (χ1) is 7.83. The van der Waals surface area contributed by atoms with Crippen LogP contribution in [-0.4, -0.2) is 16.1 Å². The van der Waals surface area contributed by atoms with Crippen molar-refractivity contribution in [2.45, 2.75) is 46.1 Å². The number of aryl methyl sites for hydroxylation is 1. The van der Waals surface area contributed by atoms with Gasteiger partial charge in [-0.2, -0.15) is 0 Å². The molecule has 1 unspecified atom stereocenters. The summed E-state index contributed by atoms with van der Waals surface area (Å²) in [7, 11) is 0. The summed E-state index contributed by atoms with van der Waals surface area (Å²) in [6.45, 7) is 7.09. The predicted molar refractivity (Wildman–Crippen MR) is 68.4 cm³/mol. The Kier molecular flexibility index (Phi) is 6.05. The highest BCUT2D eigenvalue weighted by atomic mass is 32.1. The standard InChI is InChI=1S/C12H19N3S/c1-4-7-8-9-11(13-6-3)12-10(5-2)14-15-16-12/h11,13H,5-6,8-9H2,1-3H3. The van der Waals surface area contributed by atoms with Crippen molar-refractivity contribution in [3.05, 3.63) is 10.6 Å². The Morgan fingerprint density at radius 3 is 2.88 bits per heavy atom. The molecule has 1 N–H and O–H groups in total. The number of hydrogen-bond donors (Lipinski definition) is 1. The summed E-state index contributed by atoms with van der Waals surface area (Å²) in [5, 5.41) is 7.64. The normalized spacial score (nSPS) is 11.9. The van der Waals surface area contributed by atoms with Gasteiger partial charge < -0.3 is 5.32 Å². The topological polar surface area (TPSA) is 37.8 Å². The molecule has 0 radical (unpaired) electrons. The van der Waals surface area contributed by atoms with E-state index in [1.54, 1.807) is 0 Å². The van der Waals surface area contributed by atoms with Crippen molar-refractivity contribution in [1.82, 2.24) is 14.9 Å². The van der Waals surface area contributed by atoms with Crippen molar-refractivity contribution in [3.63, 3.8) is 0 Å². The van der Waals surface area contributed by atoms with Crippen LogP contribution in [0, 0.1) is 11.8 Å². The van der Waals surface area contributed by atoms with E-state index >= 15 is 0 Å². The lowest BCUT2D eigenvalue weighted by Crippen LogP contribution is -2.20. The maximum atomic E-state index is 4.16. The molecule has 0 aromatic carbocycles. The van der Waals surface area contributed by atoms with Gasteiger partial charge >= 0.3 is 0 Å². The first-order valence-corrected chi connectivity index (χ1v) is 6.54. The Morgan fingerprint density at radius 1 is 1.44 bits per heavy atom. The van der Waals surface area contributed by atoms with Crippen molar-refractivity contribution >= 4 is 11.5 Å². The fourth-order valence-electron chi connectivity index (χ4n) is 1.64. The van der Waals surface area contributed by atoms with Crippen molar-refractivity contribution in [3.8, 4) is 11.8 Å². The molecule has 1 aromatic rings. The van der Waals surface area contributed by atoms with Crippen LogP contribution in [0.15, 0.2) is 0 Å². The van der Waals surface area contributed by atoms with Crippen LogP contribution < -0.4 is 5.32 Å². The van der Waals surface area contributed by atoms with Gasteiger partial charge in [-0.25, -0.2) is 0 Å². The van der Waals surface area contributed by atoms with Gasteiger partial charge in [0.15, 0.2) is 0 Å². The number of aromatic nitrogens is 2. The SMILES string of the molecule is CC#CCCC(NCC)c1snnc1CC. The zero-order valence-corrected chi connectivity index (χ0v) is 11.0.